The van der Waals surface area contributed by atoms with Crippen molar-refractivity contribution in [2.45, 2.75) is 84.7 Å². The number of aliphatic hydroxyl groups excluding tert-OH is 1. The van der Waals surface area contributed by atoms with Crippen molar-refractivity contribution in [3.05, 3.63) is 95.4 Å². The zero-order valence-corrected chi connectivity index (χ0v) is 38.1. The summed E-state index contributed by atoms with van der Waals surface area (Å²) >= 11 is 1.57. The van der Waals surface area contributed by atoms with Crippen LogP contribution in [-0.4, -0.2) is 111 Å². The normalized spacial score (nSPS) is 19.8. The van der Waals surface area contributed by atoms with Crippen molar-refractivity contribution in [2.24, 2.45) is 11.3 Å². The fourth-order valence-electron chi connectivity index (χ4n) is 8.28. The lowest BCUT2D eigenvalue weighted by atomic mass is 9.85. The standard InChI is InChI=1S/C47H57N9O7S/c1-27-23-55(32-15-16-36(40(21-32)62-7)52-44(59)37-10-8-9-34(51-37)35-17-19-49-54-35)20-18-39(27)63-25-41(58)53-43(47(4,5)6)46(61)56-24-33(57)22-38(56)45(60)50-28(2)30-11-13-31(14-12-30)42-29(3)48-26-64-42/h8-17,19,21,26-28,33,38-39,43,57H,18,20,22-25H2,1-7H3,(H,49,54)(H,50,60)(H,52,59)(H,53,58)/t27-,28+,33-,38+,39-,43-/m1/s1. The van der Waals surface area contributed by atoms with E-state index in [0.29, 0.717) is 42.3 Å². The number of H-pyrrole nitrogens is 1. The number of thiazole rings is 1. The van der Waals surface area contributed by atoms with Crippen molar-refractivity contribution in [1.29, 1.82) is 0 Å². The van der Waals surface area contributed by atoms with Crippen molar-refractivity contribution >= 4 is 46.3 Å². The lowest BCUT2D eigenvalue weighted by molar-refractivity contribution is -0.145. The van der Waals surface area contributed by atoms with Gasteiger partial charge in [0.25, 0.3) is 5.91 Å². The van der Waals surface area contributed by atoms with Crippen LogP contribution in [0.5, 0.6) is 5.75 Å². The van der Waals surface area contributed by atoms with Crippen LogP contribution in [0, 0.1) is 18.3 Å². The number of likely N-dealkylation sites (tertiary alicyclic amines) is 1. The Hall–Kier alpha value is -6.17. The molecule has 2 fully saturated rings. The van der Waals surface area contributed by atoms with Crippen molar-refractivity contribution in [3.8, 4) is 27.6 Å². The van der Waals surface area contributed by atoms with Crippen LogP contribution >= 0.6 is 11.3 Å². The molecule has 64 heavy (non-hydrogen) atoms. The summed E-state index contributed by atoms with van der Waals surface area (Å²) in [6.45, 7) is 12.5. The maximum absolute atomic E-state index is 14.2. The van der Waals surface area contributed by atoms with Gasteiger partial charge in [0.2, 0.25) is 17.7 Å². The molecule has 0 bridgehead atoms. The molecule has 0 saturated carbocycles. The molecule has 2 aromatic carbocycles. The fourth-order valence-corrected chi connectivity index (χ4v) is 9.09. The van der Waals surface area contributed by atoms with E-state index in [9.17, 15) is 24.3 Å². The van der Waals surface area contributed by atoms with Crippen LogP contribution in [0.4, 0.5) is 11.4 Å². The largest absolute Gasteiger partial charge is 0.494 e. The Morgan fingerprint density at radius 1 is 1.02 bits per heavy atom. The molecule has 16 nitrogen and oxygen atoms in total. The Balaban J connectivity index is 0.914. The highest BCUT2D eigenvalue weighted by Gasteiger charge is 2.45. The van der Waals surface area contributed by atoms with Gasteiger partial charge in [-0.3, -0.25) is 24.3 Å². The summed E-state index contributed by atoms with van der Waals surface area (Å²) in [6, 6.07) is 18.3. The fraction of sp³-hybridized carbons (Fsp3) is 0.426. The highest BCUT2D eigenvalue weighted by molar-refractivity contribution is 7.13. The van der Waals surface area contributed by atoms with E-state index in [1.165, 1.54) is 4.90 Å². The number of aliphatic hydroxyl groups is 1. The molecule has 5 aromatic rings. The number of carbonyl (C=O) groups excluding carboxylic acids is 4. The molecule has 338 valence electrons. The number of methoxy groups -OCH3 is 1. The lowest BCUT2D eigenvalue weighted by Crippen LogP contribution is -2.58. The predicted molar refractivity (Wildman–Crippen MR) is 245 cm³/mol. The molecule has 5 N–H and O–H groups in total. The van der Waals surface area contributed by atoms with Crippen molar-refractivity contribution in [2.75, 3.05) is 43.6 Å². The van der Waals surface area contributed by atoms with Gasteiger partial charge in [0.15, 0.2) is 0 Å². The Morgan fingerprint density at radius 2 is 1.80 bits per heavy atom. The van der Waals surface area contributed by atoms with E-state index in [2.05, 4.69) is 47.9 Å². The molecule has 6 atom stereocenters. The van der Waals surface area contributed by atoms with Crippen molar-refractivity contribution < 1.29 is 33.8 Å². The number of aromatic nitrogens is 4. The zero-order chi connectivity index (χ0) is 45.7. The summed E-state index contributed by atoms with van der Waals surface area (Å²) in [6.07, 6.45) is 1.33. The molecular weight excluding hydrogens is 835 g/mol. The number of rotatable bonds is 14. The van der Waals surface area contributed by atoms with Crippen molar-refractivity contribution in [3.63, 3.8) is 0 Å². The van der Waals surface area contributed by atoms with Crippen LogP contribution in [0.25, 0.3) is 21.8 Å². The minimum atomic E-state index is -0.977. The summed E-state index contributed by atoms with van der Waals surface area (Å²) in [5, 5.41) is 26.4. The first-order valence-corrected chi connectivity index (χ1v) is 22.4. The van der Waals surface area contributed by atoms with Crippen LogP contribution < -0.4 is 25.6 Å². The minimum absolute atomic E-state index is 0.0222. The summed E-state index contributed by atoms with van der Waals surface area (Å²) in [5.41, 5.74) is 6.87. The van der Waals surface area contributed by atoms with E-state index in [0.717, 1.165) is 27.4 Å². The Morgan fingerprint density at radius 3 is 2.47 bits per heavy atom. The number of piperidine rings is 1. The molecule has 0 unspecified atom stereocenters. The molecule has 2 saturated heterocycles. The van der Waals surface area contributed by atoms with E-state index in [1.54, 1.807) is 55.0 Å². The maximum atomic E-state index is 14.2. The number of ether oxygens (including phenoxy) is 2. The quantitative estimate of drug-likeness (QED) is 0.0907. The molecule has 0 spiro atoms. The number of aromatic amines is 1. The summed E-state index contributed by atoms with van der Waals surface area (Å²) in [5.74, 6) is -1.09. The number of nitrogens with one attached hydrogen (secondary N) is 4. The highest BCUT2D eigenvalue weighted by Crippen LogP contribution is 2.34. The zero-order valence-electron chi connectivity index (χ0n) is 37.3. The lowest BCUT2D eigenvalue weighted by Gasteiger charge is -2.38. The molecule has 4 amide bonds. The van der Waals surface area contributed by atoms with Crippen LogP contribution in [0.15, 0.2) is 78.4 Å². The first kappa shape index (κ1) is 45.8. The highest BCUT2D eigenvalue weighted by atomic mass is 32.1. The molecule has 0 aliphatic carbocycles. The number of pyridine rings is 1. The van der Waals surface area contributed by atoms with E-state index in [1.807, 2.05) is 76.5 Å². The second kappa shape index (κ2) is 19.7. The van der Waals surface area contributed by atoms with Gasteiger partial charge in [-0.05, 0) is 73.1 Å². The molecule has 2 aliphatic heterocycles. The molecule has 0 radical (unpaired) electrons. The first-order chi connectivity index (χ1) is 30.6. The third kappa shape index (κ3) is 10.6. The van der Waals surface area contributed by atoms with Gasteiger partial charge < -0.3 is 40.3 Å². The van der Waals surface area contributed by atoms with Gasteiger partial charge in [-0.1, -0.05) is 58.0 Å². The van der Waals surface area contributed by atoms with E-state index in [-0.39, 0.29) is 55.1 Å². The smallest absolute Gasteiger partial charge is 0.274 e. The molecule has 3 aromatic heterocycles. The Kier molecular flexibility index (Phi) is 14.1. The van der Waals surface area contributed by atoms with Crippen molar-refractivity contribution in [1.82, 2.24) is 35.7 Å². The number of aryl methyl sites for hydroxylation is 1. The molecule has 17 heteroatoms. The second-order valence-electron chi connectivity index (χ2n) is 17.6. The predicted octanol–water partition coefficient (Wildman–Crippen LogP) is 5.77. The number of amides is 4. The number of β-amino-alcohol motifs (C(OH)–C–C–N with tert-alkyl or cyclic N) is 1. The molecular formula is C47H57N9O7S. The summed E-state index contributed by atoms with van der Waals surface area (Å²) in [7, 11) is 1.55. The number of carbonyl (C=O) groups is 4. The number of benzene rings is 2. The Bertz CT molecular complexity index is 2430. The minimum Gasteiger partial charge on any atom is -0.494 e. The average Bonchev–Trinajstić information content (AvgIpc) is 4.07. The van der Waals surface area contributed by atoms with Gasteiger partial charge in [-0.25, -0.2) is 9.97 Å². The number of anilines is 2. The van der Waals surface area contributed by atoms with Crippen LogP contribution in [0.3, 0.4) is 0 Å². The third-order valence-corrected chi connectivity index (χ3v) is 12.8. The second-order valence-corrected chi connectivity index (χ2v) is 18.5. The topological polar surface area (TPSA) is 204 Å². The van der Waals surface area contributed by atoms with Gasteiger partial charge in [-0.15, -0.1) is 11.3 Å². The third-order valence-electron chi connectivity index (χ3n) is 11.9. The van der Waals surface area contributed by atoms with E-state index in [4.69, 9.17) is 9.47 Å². The number of hydrogen-bond donors (Lipinski definition) is 5. The summed E-state index contributed by atoms with van der Waals surface area (Å²) in [4.78, 5) is 68.1. The van der Waals surface area contributed by atoms with Crippen LogP contribution in [-0.2, 0) is 19.1 Å². The Labute approximate surface area is 377 Å². The monoisotopic (exact) mass is 891 g/mol. The van der Waals surface area contributed by atoms with Gasteiger partial charge in [0.05, 0.1) is 52.8 Å². The maximum Gasteiger partial charge on any atom is 0.274 e. The van der Waals surface area contributed by atoms with Gasteiger partial charge >= 0.3 is 0 Å². The number of hydrogen-bond acceptors (Lipinski definition) is 12. The van der Waals surface area contributed by atoms with E-state index < -0.39 is 35.4 Å². The SMILES string of the molecule is COc1cc(N2CC[C@@H](OCC(=O)N[C@H](C(=O)N3C[C@H](O)C[C@H]3C(=O)N[C@@H](C)c3ccc(-c4scnc4C)cc3)C(C)(C)C)[C@H](C)C2)ccc1NC(=O)c1cccc(-c2cc[nH]n2)n1. The molecule has 7 rings (SSSR count). The van der Waals surface area contributed by atoms with E-state index >= 15 is 0 Å². The summed E-state index contributed by atoms with van der Waals surface area (Å²) < 4.78 is 11.9. The van der Waals surface area contributed by atoms with Gasteiger partial charge in [-0.2, -0.15) is 5.10 Å². The first-order valence-electron chi connectivity index (χ1n) is 21.5. The number of nitrogens with zero attached hydrogens (tertiary/aromatic N) is 5. The van der Waals surface area contributed by atoms with Gasteiger partial charge in [0.1, 0.15) is 35.8 Å². The molecule has 5 heterocycles. The van der Waals surface area contributed by atoms with Crippen LogP contribution in [0.2, 0.25) is 0 Å². The van der Waals surface area contributed by atoms with Crippen LogP contribution in [0.1, 0.15) is 75.2 Å². The van der Waals surface area contributed by atoms with Gasteiger partial charge in [0, 0.05) is 44.0 Å². The molecule has 2 aliphatic rings. The average molecular weight is 892 g/mol.